The van der Waals surface area contributed by atoms with E-state index in [0.717, 1.165) is 24.8 Å². The molecule has 1 aliphatic carbocycles. The Morgan fingerprint density at radius 3 is 2.64 bits per heavy atom. The van der Waals surface area contributed by atoms with Gasteiger partial charge in [0.2, 0.25) is 0 Å². The van der Waals surface area contributed by atoms with E-state index in [4.69, 9.17) is 13.9 Å². The van der Waals surface area contributed by atoms with Crippen molar-refractivity contribution in [2.24, 2.45) is 0 Å². The van der Waals surface area contributed by atoms with E-state index in [0.29, 0.717) is 6.61 Å². The maximum absolute atomic E-state index is 11.0. The van der Waals surface area contributed by atoms with Gasteiger partial charge in [-0.25, -0.2) is 0 Å². The topological polar surface area (TPSA) is 48.1 Å². The molecule has 22 heavy (non-hydrogen) atoms. The van der Waals surface area contributed by atoms with E-state index >= 15 is 0 Å². The highest BCUT2D eigenvalue weighted by Crippen LogP contribution is 2.52. The van der Waals surface area contributed by atoms with Crippen molar-refractivity contribution in [3.63, 3.8) is 0 Å². The predicted octanol–water partition coefficient (Wildman–Crippen LogP) is 3.82. The summed E-state index contributed by atoms with van der Waals surface area (Å²) in [5.41, 5.74) is 0.806. The summed E-state index contributed by atoms with van der Waals surface area (Å²) < 4.78 is 17.5. The van der Waals surface area contributed by atoms with E-state index in [9.17, 15) is 4.79 Å². The first-order valence-corrected chi connectivity index (χ1v) is 11.1. The standard InChI is InChI=1S/C17H30O4Si/c1-12-8-9-14(21-22(6,7)16(3,4)5)10-17(12)15(20-17)11-19-13(2)18/h14-15H,1,8-11H2,2-7H3/t14?,15-,17-/m0/s1. The zero-order valence-electron chi connectivity index (χ0n) is 14.8. The van der Waals surface area contributed by atoms with Crippen LogP contribution < -0.4 is 0 Å². The zero-order chi connectivity index (χ0) is 16.8. The molecule has 0 bridgehead atoms. The van der Waals surface area contributed by atoms with Crippen molar-refractivity contribution in [1.82, 2.24) is 0 Å². The van der Waals surface area contributed by atoms with Crippen LogP contribution >= 0.6 is 0 Å². The second kappa shape index (κ2) is 5.76. The smallest absolute Gasteiger partial charge is 0.302 e. The second-order valence-electron chi connectivity index (χ2n) is 8.15. The minimum atomic E-state index is -1.78. The minimum Gasteiger partial charge on any atom is -0.463 e. The van der Waals surface area contributed by atoms with Crippen molar-refractivity contribution in [3.05, 3.63) is 12.2 Å². The Kier molecular flexibility index (Phi) is 4.64. The molecule has 1 unspecified atom stereocenters. The first-order chi connectivity index (χ1) is 9.98. The Hall–Kier alpha value is -0.653. The van der Waals surface area contributed by atoms with E-state index in [1.165, 1.54) is 6.92 Å². The lowest BCUT2D eigenvalue weighted by molar-refractivity contribution is -0.141. The number of hydrogen-bond acceptors (Lipinski definition) is 4. The summed E-state index contributed by atoms with van der Waals surface area (Å²) >= 11 is 0. The fourth-order valence-corrected chi connectivity index (χ4v) is 4.29. The maximum atomic E-state index is 11.0. The fourth-order valence-electron chi connectivity index (χ4n) is 2.90. The van der Waals surface area contributed by atoms with Gasteiger partial charge in [-0.2, -0.15) is 0 Å². The van der Waals surface area contributed by atoms with Crippen LogP contribution in [0.5, 0.6) is 0 Å². The summed E-state index contributed by atoms with van der Waals surface area (Å²) in [5.74, 6) is -0.263. The Morgan fingerprint density at radius 2 is 2.09 bits per heavy atom. The highest BCUT2D eigenvalue weighted by atomic mass is 28.4. The van der Waals surface area contributed by atoms with Crippen LogP contribution in [0, 0.1) is 0 Å². The molecule has 1 aliphatic heterocycles. The third kappa shape index (κ3) is 3.47. The van der Waals surface area contributed by atoms with Gasteiger partial charge in [-0.1, -0.05) is 27.4 Å². The fraction of sp³-hybridized carbons (Fsp3) is 0.824. The van der Waals surface area contributed by atoms with Gasteiger partial charge in [-0.3, -0.25) is 4.79 Å². The van der Waals surface area contributed by atoms with Crippen LogP contribution in [0.15, 0.2) is 12.2 Å². The molecule has 2 fully saturated rings. The van der Waals surface area contributed by atoms with Crippen molar-refractivity contribution >= 4 is 14.3 Å². The summed E-state index contributed by atoms with van der Waals surface area (Å²) in [6.07, 6.45) is 2.94. The molecule has 5 heteroatoms. The molecule has 1 saturated heterocycles. The van der Waals surface area contributed by atoms with Crippen LogP contribution in [0.3, 0.4) is 0 Å². The third-order valence-corrected chi connectivity index (χ3v) is 9.95. The Morgan fingerprint density at radius 1 is 1.45 bits per heavy atom. The van der Waals surface area contributed by atoms with E-state index < -0.39 is 8.32 Å². The lowest BCUT2D eigenvalue weighted by Gasteiger charge is -2.41. The molecule has 0 amide bonds. The van der Waals surface area contributed by atoms with E-state index in [-0.39, 0.29) is 28.8 Å². The largest absolute Gasteiger partial charge is 0.463 e. The van der Waals surface area contributed by atoms with Gasteiger partial charge in [0, 0.05) is 19.4 Å². The molecule has 0 aromatic carbocycles. The molecule has 1 spiro atoms. The van der Waals surface area contributed by atoms with Gasteiger partial charge in [0.15, 0.2) is 8.32 Å². The van der Waals surface area contributed by atoms with Gasteiger partial charge in [-0.05, 0) is 36.5 Å². The van der Waals surface area contributed by atoms with Crippen molar-refractivity contribution < 1.29 is 18.7 Å². The molecule has 0 radical (unpaired) electrons. The van der Waals surface area contributed by atoms with E-state index in [2.05, 4.69) is 40.4 Å². The van der Waals surface area contributed by atoms with Crippen molar-refractivity contribution in [2.75, 3.05) is 6.61 Å². The zero-order valence-corrected chi connectivity index (χ0v) is 15.8. The molecule has 0 N–H and O–H groups in total. The number of epoxide rings is 1. The molecule has 0 aromatic heterocycles. The predicted molar refractivity (Wildman–Crippen MR) is 89.3 cm³/mol. The van der Waals surface area contributed by atoms with Crippen LogP contribution in [0.2, 0.25) is 18.1 Å². The number of ether oxygens (including phenoxy) is 2. The summed E-state index contributed by atoms with van der Waals surface area (Å²) in [7, 11) is -1.78. The molecule has 126 valence electrons. The summed E-state index contributed by atoms with van der Waals surface area (Å²) in [4.78, 5) is 11.0. The second-order valence-corrected chi connectivity index (χ2v) is 12.9. The average Bonchev–Trinajstić information content (AvgIpc) is 3.04. The molecule has 0 aromatic rings. The van der Waals surface area contributed by atoms with E-state index in [1.807, 2.05) is 0 Å². The molecule has 2 rings (SSSR count). The molecule has 2 aliphatic rings. The third-order valence-electron chi connectivity index (χ3n) is 5.42. The van der Waals surface area contributed by atoms with Gasteiger partial charge in [0.1, 0.15) is 18.3 Å². The molecule has 1 heterocycles. The summed E-state index contributed by atoms with van der Waals surface area (Å²) in [6.45, 7) is 17.3. The van der Waals surface area contributed by atoms with Crippen molar-refractivity contribution in [1.29, 1.82) is 0 Å². The molecule has 1 saturated carbocycles. The highest BCUT2D eigenvalue weighted by Gasteiger charge is 2.61. The van der Waals surface area contributed by atoms with Crippen LogP contribution in [0.25, 0.3) is 0 Å². The number of carbonyl (C=O) groups excluding carboxylic acids is 1. The minimum absolute atomic E-state index is 0.0466. The van der Waals surface area contributed by atoms with Crippen LogP contribution in [-0.2, 0) is 18.7 Å². The van der Waals surface area contributed by atoms with Crippen LogP contribution in [0.1, 0.15) is 47.0 Å². The number of rotatable bonds is 4. The van der Waals surface area contributed by atoms with Crippen LogP contribution in [0.4, 0.5) is 0 Å². The first kappa shape index (κ1) is 17.7. The highest BCUT2D eigenvalue weighted by molar-refractivity contribution is 6.74. The number of carbonyl (C=O) groups is 1. The van der Waals surface area contributed by atoms with Crippen molar-refractivity contribution in [3.8, 4) is 0 Å². The summed E-state index contributed by atoms with van der Waals surface area (Å²) in [5, 5.41) is 0.205. The number of hydrogen-bond donors (Lipinski definition) is 0. The Labute approximate surface area is 135 Å². The monoisotopic (exact) mass is 326 g/mol. The molecular weight excluding hydrogens is 296 g/mol. The van der Waals surface area contributed by atoms with E-state index in [1.54, 1.807) is 0 Å². The lowest BCUT2D eigenvalue weighted by atomic mass is 9.81. The summed E-state index contributed by atoms with van der Waals surface area (Å²) in [6, 6.07) is 0. The normalized spacial score (nSPS) is 32.2. The van der Waals surface area contributed by atoms with Crippen molar-refractivity contribution in [2.45, 2.75) is 82.9 Å². The first-order valence-electron chi connectivity index (χ1n) is 8.15. The Bertz CT molecular complexity index is 466. The Balaban J connectivity index is 1.98. The van der Waals surface area contributed by atoms with Crippen LogP contribution in [-0.4, -0.2) is 38.7 Å². The number of esters is 1. The lowest BCUT2D eigenvalue weighted by Crippen LogP contribution is -2.46. The quantitative estimate of drug-likeness (QED) is 0.341. The molecular formula is C17H30O4Si. The average molecular weight is 327 g/mol. The van der Waals surface area contributed by atoms with Gasteiger partial charge >= 0.3 is 5.97 Å². The molecule has 4 nitrogen and oxygen atoms in total. The van der Waals surface area contributed by atoms with Gasteiger partial charge < -0.3 is 13.9 Å². The SMILES string of the molecule is C=C1CCC(O[Si](C)(C)C(C)(C)C)C[C@]12O[C@H]2COC(C)=O. The van der Waals surface area contributed by atoms with Gasteiger partial charge in [-0.15, -0.1) is 0 Å². The van der Waals surface area contributed by atoms with Gasteiger partial charge in [0.25, 0.3) is 0 Å². The maximum Gasteiger partial charge on any atom is 0.302 e. The van der Waals surface area contributed by atoms with Gasteiger partial charge in [0.05, 0.1) is 0 Å². The molecule has 3 atom stereocenters.